The number of hydrogen-bond acceptors (Lipinski definition) is 5. The van der Waals surface area contributed by atoms with Crippen LogP contribution in [0.2, 0.25) is 0 Å². The van der Waals surface area contributed by atoms with E-state index in [4.69, 9.17) is 4.98 Å². The number of amides is 2. The van der Waals surface area contributed by atoms with Crippen LogP contribution in [-0.4, -0.2) is 59.8 Å². The van der Waals surface area contributed by atoms with Crippen LogP contribution in [0.15, 0.2) is 78.2 Å². The largest absolute Gasteiger partial charge is 0.336 e. The Balaban J connectivity index is 1.15. The molecule has 1 N–H and O–H groups in total. The third kappa shape index (κ3) is 4.30. The molecule has 2 heterocycles. The van der Waals surface area contributed by atoms with Gasteiger partial charge in [-0.3, -0.25) is 9.59 Å². The molecule has 6 nitrogen and oxygen atoms in total. The predicted molar refractivity (Wildman–Crippen MR) is 163 cm³/mol. The van der Waals surface area contributed by atoms with Crippen LogP contribution in [0, 0.1) is 5.41 Å². The van der Waals surface area contributed by atoms with E-state index in [0.717, 1.165) is 50.3 Å². The van der Waals surface area contributed by atoms with Gasteiger partial charge in [-0.2, -0.15) is 0 Å². The molecule has 8 rings (SSSR count). The summed E-state index contributed by atoms with van der Waals surface area (Å²) in [5.41, 5.74) is 7.05. The summed E-state index contributed by atoms with van der Waals surface area (Å²) in [5.74, 6) is 0.326. The molecule has 3 aliphatic carbocycles. The highest BCUT2D eigenvalue weighted by molar-refractivity contribution is 7.14. The number of nitrogens with zero attached hydrogens (tertiary/aromatic N) is 3. The van der Waals surface area contributed by atoms with E-state index in [0.29, 0.717) is 10.7 Å². The van der Waals surface area contributed by atoms with Crippen LogP contribution in [-0.2, 0) is 4.79 Å². The van der Waals surface area contributed by atoms with E-state index in [1.54, 1.807) is 0 Å². The molecule has 7 heteroatoms. The second-order valence-electron chi connectivity index (χ2n) is 11.6. The third-order valence-corrected chi connectivity index (χ3v) is 10.2. The van der Waals surface area contributed by atoms with E-state index >= 15 is 0 Å². The number of rotatable bonds is 5. The van der Waals surface area contributed by atoms with Gasteiger partial charge in [-0.15, -0.1) is 11.3 Å². The van der Waals surface area contributed by atoms with Crippen molar-refractivity contribution < 1.29 is 9.59 Å². The van der Waals surface area contributed by atoms with E-state index < -0.39 is 5.41 Å². The SMILES string of the molecule is CCC1(C(=O)Nc2nc(-c3cccc(C(=O)N4CCN(C)CC4)c3)cs2)CC2c3ccccc3C1c1ccccc12. The Bertz CT molecular complexity index is 1590. The van der Waals surface area contributed by atoms with Crippen LogP contribution in [0.1, 0.15) is 64.2 Å². The van der Waals surface area contributed by atoms with Crippen molar-refractivity contribution in [2.75, 3.05) is 38.5 Å². The lowest BCUT2D eigenvalue weighted by atomic mass is 9.51. The topological polar surface area (TPSA) is 65.5 Å². The van der Waals surface area contributed by atoms with Crippen molar-refractivity contribution in [3.8, 4) is 11.3 Å². The van der Waals surface area contributed by atoms with E-state index in [9.17, 15) is 9.59 Å². The quantitative estimate of drug-likeness (QED) is 0.314. The zero-order valence-corrected chi connectivity index (χ0v) is 24.3. The maximum atomic E-state index is 14.2. The summed E-state index contributed by atoms with van der Waals surface area (Å²) in [7, 11) is 2.08. The lowest BCUT2D eigenvalue weighted by Gasteiger charge is -2.52. The minimum absolute atomic E-state index is 0.0154. The van der Waals surface area contributed by atoms with E-state index in [2.05, 4.69) is 72.7 Å². The van der Waals surface area contributed by atoms with Crippen LogP contribution in [0.4, 0.5) is 5.13 Å². The van der Waals surface area contributed by atoms with Crippen LogP contribution in [0.5, 0.6) is 0 Å². The Morgan fingerprint density at radius 2 is 1.59 bits per heavy atom. The first-order chi connectivity index (χ1) is 20.0. The molecule has 1 saturated heterocycles. The number of benzene rings is 3. The molecule has 0 saturated carbocycles. The van der Waals surface area contributed by atoms with Gasteiger partial charge in [-0.25, -0.2) is 4.98 Å². The number of carbonyl (C=O) groups is 2. The Kier molecular flexibility index (Phi) is 6.51. The number of thiazole rings is 1. The lowest BCUT2D eigenvalue weighted by Crippen LogP contribution is -2.48. The normalized spacial score (nSPS) is 23.1. The molecule has 3 aromatic carbocycles. The predicted octanol–water partition coefficient (Wildman–Crippen LogP) is 6.21. The molecule has 41 heavy (non-hydrogen) atoms. The van der Waals surface area contributed by atoms with Gasteiger partial charge in [0.05, 0.1) is 11.1 Å². The average molecular weight is 563 g/mol. The van der Waals surface area contributed by atoms with Crippen molar-refractivity contribution in [3.63, 3.8) is 0 Å². The molecule has 2 bridgehead atoms. The van der Waals surface area contributed by atoms with Gasteiger partial charge in [0.2, 0.25) is 5.91 Å². The van der Waals surface area contributed by atoms with Crippen molar-refractivity contribution in [1.82, 2.24) is 14.8 Å². The van der Waals surface area contributed by atoms with Gasteiger partial charge in [0.15, 0.2) is 5.13 Å². The summed E-state index contributed by atoms with van der Waals surface area (Å²) in [6.45, 7) is 5.39. The molecule has 1 aliphatic heterocycles. The Morgan fingerprint density at radius 3 is 2.24 bits per heavy atom. The summed E-state index contributed by atoms with van der Waals surface area (Å²) in [4.78, 5) is 36.3. The van der Waals surface area contributed by atoms with Crippen molar-refractivity contribution >= 4 is 28.3 Å². The zero-order chi connectivity index (χ0) is 28.1. The van der Waals surface area contributed by atoms with Crippen molar-refractivity contribution in [1.29, 1.82) is 0 Å². The lowest BCUT2D eigenvalue weighted by molar-refractivity contribution is -0.128. The molecular formula is C34H34N4O2S. The molecule has 1 fully saturated rings. The number of hydrogen-bond donors (Lipinski definition) is 1. The first-order valence-corrected chi connectivity index (χ1v) is 15.4. The number of carbonyl (C=O) groups excluding carboxylic acids is 2. The highest BCUT2D eigenvalue weighted by Crippen LogP contribution is 2.62. The second kappa shape index (κ2) is 10.2. The number of piperazine rings is 1. The van der Waals surface area contributed by atoms with Gasteiger partial charge in [-0.05, 0) is 54.3 Å². The summed E-state index contributed by atoms with van der Waals surface area (Å²) in [6.07, 6.45) is 1.54. The minimum Gasteiger partial charge on any atom is -0.336 e. The molecular weight excluding hydrogens is 528 g/mol. The van der Waals surface area contributed by atoms with Gasteiger partial charge < -0.3 is 15.1 Å². The molecule has 1 atom stereocenters. The minimum atomic E-state index is -0.548. The fraction of sp³-hybridized carbons (Fsp3) is 0.324. The van der Waals surface area contributed by atoms with Gasteiger partial charge >= 0.3 is 0 Å². The van der Waals surface area contributed by atoms with E-state index in [-0.39, 0.29) is 23.7 Å². The maximum Gasteiger partial charge on any atom is 0.253 e. The number of likely N-dealkylation sites (N-methyl/N-ethyl adjacent to an activating group) is 1. The van der Waals surface area contributed by atoms with Crippen LogP contribution < -0.4 is 5.32 Å². The standard InChI is InChI=1S/C34H34N4O2S/c1-3-34(20-28-24-11-4-6-13-26(24)30(34)27-14-7-5-12-25(27)28)32(40)36-33-35-29(21-41-33)22-9-8-10-23(19-22)31(39)38-17-15-37(2)16-18-38/h4-14,19,21,28,30H,3,15-18,20H2,1-2H3,(H,35,36,40). The second-order valence-corrected chi connectivity index (χ2v) is 12.5. The van der Waals surface area contributed by atoms with Gasteiger partial charge in [-0.1, -0.05) is 67.6 Å². The molecule has 0 spiro atoms. The van der Waals surface area contributed by atoms with Crippen molar-refractivity contribution in [2.45, 2.75) is 31.6 Å². The van der Waals surface area contributed by atoms with Crippen LogP contribution >= 0.6 is 11.3 Å². The molecule has 1 aromatic heterocycles. The van der Waals surface area contributed by atoms with E-state index in [1.807, 2.05) is 34.5 Å². The Labute approximate surface area is 245 Å². The van der Waals surface area contributed by atoms with Gasteiger partial charge in [0.25, 0.3) is 5.91 Å². The number of anilines is 1. The van der Waals surface area contributed by atoms with E-state index in [1.165, 1.54) is 33.6 Å². The number of nitrogens with one attached hydrogen (secondary N) is 1. The highest BCUT2D eigenvalue weighted by Gasteiger charge is 2.55. The van der Waals surface area contributed by atoms with Crippen LogP contribution in [0.3, 0.4) is 0 Å². The first kappa shape index (κ1) is 26.1. The van der Waals surface area contributed by atoms with Crippen molar-refractivity contribution in [3.05, 3.63) is 106 Å². The van der Waals surface area contributed by atoms with Crippen molar-refractivity contribution in [2.24, 2.45) is 5.41 Å². The third-order valence-electron chi connectivity index (χ3n) is 9.49. The van der Waals surface area contributed by atoms with Crippen LogP contribution in [0.25, 0.3) is 11.3 Å². The van der Waals surface area contributed by atoms with Gasteiger partial charge in [0, 0.05) is 54.5 Å². The first-order valence-electron chi connectivity index (χ1n) is 14.5. The Morgan fingerprint density at radius 1 is 0.927 bits per heavy atom. The van der Waals surface area contributed by atoms with Gasteiger partial charge in [0.1, 0.15) is 0 Å². The number of aromatic nitrogens is 1. The zero-order valence-electron chi connectivity index (χ0n) is 23.5. The molecule has 208 valence electrons. The fourth-order valence-corrected chi connectivity index (χ4v) is 7.95. The Hall–Kier alpha value is -3.81. The highest BCUT2D eigenvalue weighted by atomic mass is 32.1. The monoisotopic (exact) mass is 562 g/mol. The molecule has 4 aliphatic rings. The average Bonchev–Trinajstić information content (AvgIpc) is 3.49. The summed E-state index contributed by atoms with van der Waals surface area (Å²) in [5, 5.41) is 5.78. The fourth-order valence-electron chi connectivity index (χ4n) is 7.24. The molecule has 2 amide bonds. The summed E-state index contributed by atoms with van der Waals surface area (Å²) in [6, 6.07) is 25.0. The molecule has 4 aromatic rings. The molecule has 0 radical (unpaired) electrons. The number of fused-ring (bicyclic) bond motifs is 1. The summed E-state index contributed by atoms with van der Waals surface area (Å²) >= 11 is 1.44. The smallest absolute Gasteiger partial charge is 0.253 e. The molecule has 1 unspecified atom stereocenters. The summed E-state index contributed by atoms with van der Waals surface area (Å²) < 4.78 is 0. The maximum absolute atomic E-state index is 14.2.